The summed E-state index contributed by atoms with van der Waals surface area (Å²) in [5, 5.41) is 5.04. The maximum Gasteiger partial charge on any atom is 0.0755 e. The molecule has 3 heteroatoms. The van der Waals surface area contributed by atoms with Crippen molar-refractivity contribution in [3.8, 4) is 11.1 Å². The molecule has 0 atom stereocenters. The van der Waals surface area contributed by atoms with Crippen LogP contribution >= 0.6 is 11.3 Å². The van der Waals surface area contributed by atoms with Gasteiger partial charge in [-0.3, -0.25) is 0 Å². The normalized spacial score (nSPS) is 13.5. The molecule has 9 aromatic carbocycles. The molecule has 1 aliphatic heterocycles. The van der Waals surface area contributed by atoms with Gasteiger partial charge in [0.05, 0.1) is 27.2 Å². The Morgan fingerprint density at radius 2 is 1.02 bits per heavy atom. The number of thiophene rings is 1. The van der Waals surface area contributed by atoms with Crippen LogP contribution in [0, 0.1) is 0 Å². The van der Waals surface area contributed by atoms with E-state index < -0.39 is 5.41 Å². The van der Waals surface area contributed by atoms with Crippen molar-refractivity contribution in [2.24, 2.45) is 0 Å². The first-order chi connectivity index (χ1) is 27.8. The highest BCUT2D eigenvalue weighted by Gasteiger charge is 2.51. The van der Waals surface area contributed by atoms with E-state index in [1.807, 2.05) is 11.3 Å². The van der Waals surface area contributed by atoms with Gasteiger partial charge in [-0.05, 0) is 105 Å². The van der Waals surface area contributed by atoms with Gasteiger partial charge in [0.1, 0.15) is 0 Å². The Bertz CT molecular complexity index is 3130. The fourth-order valence-electron chi connectivity index (χ4n) is 9.74. The SMILES string of the molecule is c1ccc(N2c3ccccc3C3(c4ccccc4-c4ccc(N(c5ccc6ccccc6c5)c5cccc6c5sc5ccccc56)cc43)c3ccccc32)cc1. The van der Waals surface area contributed by atoms with Gasteiger partial charge in [-0.1, -0.05) is 146 Å². The van der Waals surface area contributed by atoms with Gasteiger partial charge in [0.25, 0.3) is 0 Å². The Hall–Kier alpha value is -6.94. The lowest BCUT2D eigenvalue weighted by atomic mass is 9.64. The molecule has 1 aliphatic carbocycles. The van der Waals surface area contributed by atoms with Crippen molar-refractivity contribution in [2.75, 3.05) is 9.80 Å². The van der Waals surface area contributed by atoms with E-state index in [9.17, 15) is 0 Å². The van der Waals surface area contributed by atoms with Crippen LogP contribution in [-0.2, 0) is 5.41 Å². The van der Waals surface area contributed by atoms with Crippen molar-refractivity contribution in [3.05, 3.63) is 229 Å². The number of hydrogen-bond donors (Lipinski definition) is 0. The number of nitrogens with zero attached hydrogens (tertiary/aromatic N) is 2. The minimum atomic E-state index is -0.543. The van der Waals surface area contributed by atoms with Crippen LogP contribution in [0.15, 0.2) is 206 Å². The molecule has 2 nitrogen and oxygen atoms in total. The van der Waals surface area contributed by atoms with Crippen LogP contribution in [0.2, 0.25) is 0 Å². The fraction of sp³-hybridized carbons (Fsp3) is 0.0189. The molecule has 0 fully saturated rings. The van der Waals surface area contributed by atoms with Crippen LogP contribution in [0.3, 0.4) is 0 Å². The van der Waals surface area contributed by atoms with Gasteiger partial charge in [-0.25, -0.2) is 0 Å². The first-order valence-electron chi connectivity index (χ1n) is 19.3. The molecule has 0 saturated carbocycles. The molecule has 0 N–H and O–H groups in total. The average molecular weight is 731 g/mol. The van der Waals surface area contributed by atoms with Gasteiger partial charge < -0.3 is 9.80 Å². The first-order valence-corrected chi connectivity index (χ1v) is 20.1. The minimum Gasteiger partial charge on any atom is -0.310 e. The fourth-order valence-corrected chi connectivity index (χ4v) is 10.9. The Kier molecular flexibility index (Phi) is 6.75. The van der Waals surface area contributed by atoms with Crippen LogP contribution in [-0.4, -0.2) is 0 Å². The van der Waals surface area contributed by atoms with Crippen molar-refractivity contribution < 1.29 is 0 Å². The molecular weight excluding hydrogens is 697 g/mol. The smallest absolute Gasteiger partial charge is 0.0755 e. The molecule has 1 spiro atoms. The molecule has 12 rings (SSSR count). The van der Waals surface area contributed by atoms with Gasteiger partial charge in [-0.15, -0.1) is 11.3 Å². The summed E-state index contributed by atoms with van der Waals surface area (Å²) in [5.74, 6) is 0. The summed E-state index contributed by atoms with van der Waals surface area (Å²) in [6.45, 7) is 0. The summed E-state index contributed by atoms with van der Waals surface area (Å²) in [6.07, 6.45) is 0. The van der Waals surface area contributed by atoms with E-state index in [0.717, 1.165) is 17.1 Å². The highest BCUT2D eigenvalue weighted by atomic mass is 32.1. The summed E-state index contributed by atoms with van der Waals surface area (Å²) in [6, 6.07) is 76.4. The van der Waals surface area contributed by atoms with E-state index in [0.29, 0.717) is 0 Å². The Morgan fingerprint density at radius 1 is 0.411 bits per heavy atom. The molecule has 56 heavy (non-hydrogen) atoms. The van der Waals surface area contributed by atoms with E-state index in [2.05, 4.69) is 216 Å². The monoisotopic (exact) mass is 730 g/mol. The first kappa shape index (κ1) is 31.4. The molecule has 2 aliphatic rings. The zero-order valence-corrected chi connectivity index (χ0v) is 31.2. The lowest BCUT2D eigenvalue weighted by Crippen LogP contribution is -2.36. The number of benzene rings is 9. The number of fused-ring (bicyclic) bond motifs is 13. The van der Waals surface area contributed by atoms with Crippen molar-refractivity contribution in [1.29, 1.82) is 0 Å². The lowest BCUT2D eigenvalue weighted by Gasteiger charge is -2.45. The molecule has 0 bridgehead atoms. The van der Waals surface area contributed by atoms with Crippen molar-refractivity contribution in [2.45, 2.75) is 5.41 Å². The van der Waals surface area contributed by atoms with Gasteiger partial charge in [-0.2, -0.15) is 0 Å². The number of rotatable bonds is 4. The molecule has 10 aromatic rings. The second-order valence-corrected chi connectivity index (χ2v) is 15.9. The van der Waals surface area contributed by atoms with Crippen LogP contribution in [0.5, 0.6) is 0 Å². The third kappa shape index (κ3) is 4.32. The molecule has 0 amide bonds. The predicted molar refractivity (Wildman–Crippen MR) is 237 cm³/mol. The maximum atomic E-state index is 2.50. The van der Waals surface area contributed by atoms with E-state index in [1.54, 1.807) is 0 Å². The topological polar surface area (TPSA) is 6.48 Å². The lowest BCUT2D eigenvalue weighted by molar-refractivity contribution is 0.752. The molecule has 0 radical (unpaired) electrons. The summed E-state index contributed by atoms with van der Waals surface area (Å²) < 4.78 is 2.59. The maximum absolute atomic E-state index is 2.50. The molecule has 1 aromatic heterocycles. The zero-order chi connectivity index (χ0) is 36.8. The highest BCUT2D eigenvalue weighted by Crippen LogP contribution is 2.64. The van der Waals surface area contributed by atoms with Gasteiger partial charge >= 0.3 is 0 Å². The highest BCUT2D eigenvalue weighted by molar-refractivity contribution is 7.26. The van der Waals surface area contributed by atoms with E-state index in [1.165, 1.54) is 81.4 Å². The second-order valence-electron chi connectivity index (χ2n) is 14.8. The Morgan fingerprint density at radius 3 is 1.84 bits per heavy atom. The third-order valence-electron chi connectivity index (χ3n) is 12.0. The Labute approximate surface area is 329 Å². The quantitative estimate of drug-likeness (QED) is 0.178. The second kappa shape index (κ2) is 12.0. The number of hydrogen-bond acceptors (Lipinski definition) is 3. The molecule has 262 valence electrons. The van der Waals surface area contributed by atoms with Crippen LogP contribution in [0.25, 0.3) is 42.1 Å². The summed E-state index contributed by atoms with van der Waals surface area (Å²) in [7, 11) is 0. The van der Waals surface area contributed by atoms with Crippen LogP contribution < -0.4 is 9.80 Å². The molecular formula is C53H34N2S. The molecule has 2 heterocycles. The van der Waals surface area contributed by atoms with Crippen molar-refractivity contribution in [1.82, 2.24) is 0 Å². The van der Waals surface area contributed by atoms with Gasteiger partial charge in [0.15, 0.2) is 0 Å². The zero-order valence-electron chi connectivity index (χ0n) is 30.4. The van der Waals surface area contributed by atoms with E-state index in [4.69, 9.17) is 0 Å². The Balaban J connectivity index is 1.17. The summed E-state index contributed by atoms with van der Waals surface area (Å²) >= 11 is 1.88. The predicted octanol–water partition coefficient (Wildman–Crippen LogP) is 14.8. The minimum absolute atomic E-state index is 0.543. The number of para-hydroxylation sites is 3. The van der Waals surface area contributed by atoms with Gasteiger partial charge in [0.2, 0.25) is 0 Å². The standard InChI is InChI=1S/C53H34N2S/c1-2-17-37(18-3-1)55-48-25-11-9-23-45(48)53(46-24-10-12-26-49(46)55)44-22-8-6-19-40(44)41-32-31-39(34-47(41)53)54(38-30-29-35-15-4-5-16-36(35)33-38)50-27-14-21-43-42-20-7-13-28-51(42)56-52(43)50/h1-34H. The third-order valence-corrected chi connectivity index (χ3v) is 13.2. The summed E-state index contributed by atoms with van der Waals surface area (Å²) in [5.41, 5.74) is 14.2. The summed E-state index contributed by atoms with van der Waals surface area (Å²) in [4.78, 5) is 4.95. The van der Waals surface area contributed by atoms with Crippen molar-refractivity contribution >= 4 is 76.4 Å². The molecule has 0 saturated heterocycles. The van der Waals surface area contributed by atoms with Crippen LogP contribution in [0.4, 0.5) is 34.1 Å². The van der Waals surface area contributed by atoms with E-state index >= 15 is 0 Å². The van der Waals surface area contributed by atoms with E-state index in [-0.39, 0.29) is 0 Å². The van der Waals surface area contributed by atoms with Crippen molar-refractivity contribution in [3.63, 3.8) is 0 Å². The largest absolute Gasteiger partial charge is 0.310 e. The average Bonchev–Trinajstić information content (AvgIpc) is 3.79. The molecule has 0 unspecified atom stereocenters. The number of anilines is 6. The van der Waals surface area contributed by atoms with Gasteiger partial charge in [0, 0.05) is 32.5 Å². The van der Waals surface area contributed by atoms with Crippen LogP contribution in [0.1, 0.15) is 22.3 Å².